The minimum atomic E-state index is -0.793. The second-order valence-corrected chi connectivity index (χ2v) is 20.2. The number of allylic oxidation sites excluding steroid dienone is 20. The molecule has 1 atom stereocenters. The fraction of sp³-hybridized carbons (Fsp3) is 0.667. The molecule has 0 aromatic heterocycles. The summed E-state index contributed by atoms with van der Waals surface area (Å²) in [5, 5.41) is 0. The van der Waals surface area contributed by atoms with Gasteiger partial charge < -0.3 is 14.2 Å². The van der Waals surface area contributed by atoms with E-state index < -0.39 is 6.10 Å². The maximum absolute atomic E-state index is 12.8. The van der Waals surface area contributed by atoms with Gasteiger partial charge in [-0.15, -0.1) is 0 Å². The van der Waals surface area contributed by atoms with Gasteiger partial charge in [0.15, 0.2) is 6.10 Å². The summed E-state index contributed by atoms with van der Waals surface area (Å²) in [5.74, 6) is -0.948. The Bertz CT molecular complexity index is 1570. The van der Waals surface area contributed by atoms with Gasteiger partial charge in [-0.2, -0.15) is 0 Å². The highest BCUT2D eigenvalue weighted by atomic mass is 16.6. The van der Waals surface area contributed by atoms with Gasteiger partial charge in [-0.05, 0) is 96.3 Å². The Kier molecular flexibility index (Phi) is 58.9. The molecule has 0 saturated heterocycles. The lowest BCUT2D eigenvalue weighted by Crippen LogP contribution is -2.30. The summed E-state index contributed by atoms with van der Waals surface area (Å²) in [6.45, 7) is 6.42. The molecular weight excluding hydrogens is 925 g/mol. The van der Waals surface area contributed by atoms with Crippen LogP contribution in [0.5, 0.6) is 0 Å². The minimum Gasteiger partial charge on any atom is -0.462 e. The zero-order valence-corrected chi connectivity index (χ0v) is 48.8. The molecule has 0 aliphatic carbocycles. The third-order valence-corrected chi connectivity index (χ3v) is 13.0. The molecule has 6 nitrogen and oxygen atoms in total. The van der Waals surface area contributed by atoms with E-state index in [-0.39, 0.29) is 31.1 Å². The Morgan fingerprint density at radius 2 is 0.520 bits per heavy atom. The van der Waals surface area contributed by atoms with Gasteiger partial charge in [0.05, 0.1) is 0 Å². The van der Waals surface area contributed by atoms with Crippen molar-refractivity contribution in [3.05, 3.63) is 122 Å². The summed E-state index contributed by atoms with van der Waals surface area (Å²) < 4.78 is 16.7. The molecule has 0 fully saturated rings. The predicted molar refractivity (Wildman–Crippen MR) is 325 cm³/mol. The van der Waals surface area contributed by atoms with Crippen LogP contribution < -0.4 is 0 Å². The van der Waals surface area contributed by atoms with Crippen molar-refractivity contribution in [3.8, 4) is 0 Å². The monoisotopic (exact) mass is 1040 g/mol. The Morgan fingerprint density at radius 3 is 0.813 bits per heavy atom. The van der Waals surface area contributed by atoms with Crippen molar-refractivity contribution < 1.29 is 28.6 Å². The van der Waals surface area contributed by atoms with Gasteiger partial charge in [0.2, 0.25) is 0 Å². The third-order valence-electron chi connectivity index (χ3n) is 13.0. The number of carbonyl (C=O) groups excluding carboxylic acids is 3. The largest absolute Gasteiger partial charge is 0.462 e. The molecule has 0 rings (SSSR count). The van der Waals surface area contributed by atoms with Crippen LogP contribution in [0, 0.1) is 0 Å². The molecule has 0 spiro atoms. The quantitative estimate of drug-likeness (QED) is 0.0261. The number of carbonyl (C=O) groups is 3. The van der Waals surface area contributed by atoms with E-state index in [9.17, 15) is 14.4 Å². The van der Waals surface area contributed by atoms with Crippen molar-refractivity contribution in [2.75, 3.05) is 13.2 Å². The first-order chi connectivity index (χ1) is 37.0. The number of rotatable bonds is 55. The lowest BCUT2D eigenvalue weighted by molar-refractivity contribution is -0.167. The molecule has 426 valence electrons. The van der Waals surface area contributed by atoms with E-state index in [1.165, 1.54) is 103 Å². The van der Waals surface area contributed by atoms with Gasteiger partial charge >= 0.3 is 17.9 Å². The number of hydrogen-bond donors (Lipinski definition) is 0. The molecule has 0 heterocycles. The summed E-state index contributed by atoms with van der Waals surface area (Å²) in [7, 11) is 0. The fourth-order valence-electron chi connectivity index (χ4n) is 8.35. The third kappa shape index (κ3) is 60.6. The van der Waals surface area contributed by atoms with E-state index >= 15 is 0 Å². The van der Waals surface area contributed by atoms with Crippen molar-refractivity contribution in [1.82, 2.24) is 0 Å². The first-order valence-corrected chi connectivity index (χ1v) is 31.0. The van der Waals surface area contributed by atoms with E-state index in [4.69, 9.17) is 14.2 Å². The van der Waals surface area contributed by atoms with Crippen LogP contribution in [0.3, 0.4) is 0 Å². The van der Waals surface area contributed by atoms with Crippen LogP contribution in [0.15, 0.2) is 122 Å². The van der Waals surface area contributed by atoms with Gasteiger partial charge in [-0.3, -0.25) is 14.4 Å². The van der Waals surface area contributed by atoms with Crippen LogP contribution in [-0.2, 0) is 28.6 Å². The topological polar surface area (TPSA) is 78.9 Å². The van der Waals surface area contributed by atoms with Crippen molar-refractivity contribution in [2.45, 2.75) is 284 Å². The molecule has 0 aromatic carbocycles. The number of esters is 3. The maximum atomic E-state index is 12.8. The second-order valence-electron chi connectivity index (χ2n) is 20.2. The number of ether oxygens (including phenoxy) is 3. The summed E-state index contributed by atoms with van der Waals surface area (Å²) in [6.07, 6.45) is 86.8. The molecule has 0 aromatic rings. The zero-order chi connectivity index (χ0) is 54.3. The maximum Gasteiger partial charge on any atom is 0.306 e. The Morgan fingerprint density at radius 1 is 0.280 bits per heavy atom. The summed E-state index contributed by atoms with van der Waals surface area (Å²) in [5.41, 5.74) is 0. The highest BCUT2D eigenvalue weighted by molar-refractivity contribution is 5.71. The van der Waals surface area contributed by atoms with E-state index in [1.54, 1.807) is 0 Å². The summed E-state index contributed by atoms with van der Waals surface area (Å²) >= 11 is 0. The predicted octanol–water partition coefficient (Wildman–Crippen LogP) is 21.2. The lowest BCUT2D eigenvalue weighted by Gasteiger charge is -2.18. The Hall–Kier alpha value is -4.19. The molecule has 75 heavy (non-hydrogen) atoms. The van der Waals surface area contributed by atoms with Crippen molar-refractivity contribution >= 4 is 17.9 Å². The standard InChI is InChI=1S/C69H114O6/c1-4-7-10-13-15-17-19-21-23-25-27-28-29-30-31-32-33-34-35-36-37-38-39-40-42-43-45-47-49-51-53-56-59-62-68(71)74-65-66(64-73-67(70)61-58-55-12-9-6-3)75-69(72)63-60-57-54-52-50-48-46-44-41-26-24-22-20-18-16-14-11-8-5-2/h7,10,15,17,21,23,27-28,30-31,33-34,36-37,39-40,43,45,49,51,66H,4-6,8-9,11-14,16,18-20,22,24-26,29,32,35,38,41-42,44,46-48,50,52-65H2,1-3H3/b10-7-,17-15-,23-21-,28-27-,31-30-,34-33-,37-36-,40-39-,45-43-,51-49-. The molecule has 0 N–H and O–H groups in total. The van der Waals surface area contributed by atoms with E-state index in [0.29, 0.717) is 19.3 Å². The fourth-order valence-corrected chi connectivity index (χ4v) is 8.35. The average molecular weight is 1040 g/mol. The number of hydrogen-bond acceptors (Lipinski definition) is 6. The number of unbranched alkanes of at least 4 members (excludes halogenated alkanes) is 24. The van der Waals surface area contributed by atoms with Crippen LogP contribution in [0.1, 0.15) is 278 Å². The van der Waals surface area contributed by atoms with E-state index in [2.05, 4.69) is 142 Å². The highest BCUT2D eigenvalue weighted by Gasteiger charge is 2.19. The van der Waals surface area contributed by atoms with Crippen molar-refractivity contribution in [1.29, 1.82) is 0 Å². The molecule has 0 aliphatic rings. The highest BCUT2D eigenvalue weighted by Crippen LogP contribution is 2.16. The first kappa shape index (κ1) is 70.8. The van der Waals surface area contributed by atoms with Crippen LogP contribution >= 0.6 is 0 Å². The first-order valence-electron chi connectivity index (χ1n) is 31.0. The second kappa shape index (κ2) is 62.4. The van der Waals surface area contributed by atoms with Gasteiger partial charge in [0.25, 0.3) is 0 Å². The molecule has 0 aliphatic heterocycles. The molecular formula is C69H114O6. The molecule has 0 bridgehead atoms. The van der Waals surface area contributed by atoms with Crippen LogP contribution in [-0.4, -0.2) is 37.2 Å². The Balaban J connectivity index is 4.16. The molecule has 0 amide bonds. The van der Waals surface area contributed by atoms with Gasteiger partial charge in [-0.25, -0.2) is 0 Å². The smallest absolute Gasteiger partial charge is 0.306 e. The summed E-state index contributed by atoms with van der Waals surface area (Å²) in [4.78, 5) is 37.8. The van der Waals surface area contributed by atoms with Crippen LogP contribution in [0.4, 0.5) is 0 Å². The normalized spacial score (nSPS) is 12.9. The average Bonchev–Trinajstić information content (AvgIpc) is 3.41. The Labute approximate surface area is 462 Å². The van der Waals surface area contributed by atoms with Gasteiger partial charge in [0, 0.05) is 19.3 Å². The van der Waals surface area contributed by atoms with E-state index in [1.807, 2.05) is 0 Å². The summed E-state index contributed by atoms with van der Waals surface area (Å²) in [6, 6.07) is 0. The van der Waals surface area contributed by atoms with Gasteiger partial charge in [-0.1, -0.05) is 284 Å². The lowest BCUT2D eigenvalue weighted by atomic mass is 10.0. The SMILES string of the molecule is CC/C=C\C/C=C\C/C=C\C/C=C\C/C=C\C/C=C\C/C=C\C/C=C\C/C=C\C/C=C\CCCCC(=O)OCC(COC(=O)CCCCCCC)OC(=O)CCCCCCCCCCCCCCCCCCCCC. The molecule has 1 unspecified atom stereocenters. The molecule has 0 radical (unpaired) electrons. The molecule has 6 heteroatoms. The van der Waals surface area contributed by atoms with Gasteiger partial charge in [0.1, 0.15) is 13.2 Å². The van der Waals surface area contributed by atoms with E-state index in [0.717, 1.165) is 135 Å². The van der Waals surface area contributed by atoms with Crippen LogP contribution in [0.25, 0.3) is 0 Å². The minimum absolute atomic E-state index is 0.0921. The zero-order valence-electron chi connectivity index (χ0n) is 48.8. The van der Waals surface area contributed by atoms with Crippen molar-refractivity contribution in [2.24, 2.45) is 0 Å². The van der Waals surface area contributed by atoms with Crippen LogP contribution in [0.2, 0.25) is 0 Å². The molecule has 0 saturated carbocycles. The van der Waals surface area contributed by atoms with Crippen molar-refractivity contribution in [3.63, 3.8) is 0 Å².